The minimum absolute atomic E-state index is 0.306. The highest BCUT2D eigenvalue weighted by atomic mass is 32.2. The van der Waals surface area contributed by atoms with E-state index in [1.165, 1.54) is 29.2 Å². The van der Waals surface area contributed by atoms with Crippen LogP contribution in [0.25, 0.3) is 0 Å². The number of aromatic nitrogens is 2. The first-order valence-electron chi connectivity index (χ1n) is 7.78. The molecule has 4 nitrogen and oxygen atoms in total. The van der Waals surface area contributed by atoms with E-state index in [1.54, 1.807) is 30.6 Å². The minimum atomic E-state index is -4.37. The van der Waals surface area contributed by atoms with Crippen molar-refractivity contribution in [2.24, 2.45) is 0 Å². The van der Waals surface area contributed by atoms with E-state index < -0.39 is 11.7 Å². The van der Waals surface area contributed by atoms with Crippen LogP contribution in [0.5, 0.6) is 0 Å². The summed E-state index contributed by atoms with van der Waals surface area (Å²) in [7, 11) is 0. The SMILES string of the molecule is CSc1ncccc1C(=O)Nc1ncc(Cc2cccc(C(F)(F)F)c2)s1. The topological polar surface area (TPSA) is 54.9 Å². The van der Waals surface area contributed by atoms with Crippen LogP contribution in [-0.4, -0.2) is 22.1 Å². The number of thioether (sulfide) groups is 1. The quantitative estimate of drug-likeness (QED) is 0.594. The summed E-state index contributed by atoms with van der Waals surface area (Å²) in [6, 6.07) is 8.53. The zero-order chi connectivity index (χ0) is 19.4. The molecule has 0 radical (unpaired) electrons. The Labute approximate surface area is 161 Å². The third kappa shape index (κ3) is 4.86. The third-order valence-electron chi connectivity index (χ3n) is 3.62. The van der Waals surface area contributed by atoms with Crippen molar-refractivity contribution in [3.05, 3.63) is 70.4 Å². The Bertz CT molecular complexity index is 957. The van der Waals surface area contributed by atoms with Crippen LogP contribution in [0.4, 0.5) is 18.3 Å². The minimum Gasteiger partial charge on any atom is -0.298 e. The van der Waals surface area contributed by atoms with E-state index in [2.05, 4.69) is 15.3 Å². The molecule has 0 fully saturated rings. The normalized spacial score (nSPS) is 11.4. The summed E-state index contributed by atoms with van der Waals surface area (Å²) in [6.07, 6.45) is 0.927. The number of carbonyl (C=O) groups is 1. The second-order valence-corrected chi connectivity index (χ2v) is 7.43. The number of thiazole rings is 1. The van der Waals surface area contributed by atoms with E-state index in [4.69, 9.17) is 0 Å². The van der Waals surface area contributed by atoms with Crippen molar-refractivity contribution in [1.29, 1.82) is 0 Å². The van der Waals surface area contributed by atoms with Crippen molar-refractivity contribution in [3.8, 4) is 0 Å². The van der Waals surface area contributed by atoms with E-state index in [-0.39, 0.29) is 5.91 Å². The molecule has 0 aliphatic carbocycles. The van der Waals surface area contributed by atoms with Crippen LogP contribution in [0, 0.1) is 0 Å². The molecular weight excluding hydrogens is 395 g/mol. The number of amides is 1. The largest absolute Gasteiger partial charge is 0.416 e. The molecule has 0 aliphatic heterocycles. The molecular formula is C18H14F3N3OS2. The van der Waals surface area contributed by atoms with Gasteiger partial charge in [0.2, 0.25) is 0 Å². The van der Waals surface area contributed by atoms with E-state index in [9.17, 15) is 18.0 Å². The monoisotopic (exact) mass is 409 g/mol. The van der Waals surface area contributed by atoms with Gasteiger partial charge in [0.1, 0.15) is 5.03 Å². The number of pyridine rings is 1. The predicted octanol–water partition coefficient (Wildman–Crippen LogP) is 5.12. The van der Waals surface area contributed by atoms with Crippen molar-refractivity contribution in [3.63, 3.8) is 0 Å². The van der Waals surface area contributed by atoms with E-state index in [1.807, 2.05) is 6.26 Å². The van der Waals surface area contributed by atoms with E-state index in [0.29, 0.717) is 27.7 Å². The van der Waals surface area contributed by atoms with Crippen LogP contribution in [0.15, 0.2) is 53.8 Å². The average Bonchev–Trinajstić information content (AvgIpc) is 3.08. The average molecular weight is 409 g/mol. The van der Waals surface area contributed by atoms with Gasteiger partial charge in [0.25, 0.3) is 5.91 Å². The summed E-state index contributed by atoms with van der Waals surface area (Å²) < 4.78 is 38.4. The second kappa shape index (κ2) is 8.10. The number of benzene rings is 1. The first kappa shape index (κ1) is 19.4. The van der Waals surface area contributed by atoms with Gasteiger partial charge in [0.05, 0.1) is 11.1 Å². The van der Waals surface area contributed by atoms with Crippen molar-refractivity contribution >= 4 is 34.1 Å². The Morgan fingerprint density at radius 3 is 2.78 bits per heavy atom. The Hall–Kier alpha value is -2.39. The van der Waals surface area contributed by atoms with Crippen molar-refractivity contribution in [1.82, 2.24) is 9.97 Å². The van der Waals surface area contributed by atoms with Gasteiger partial charge in [-0.25, -0.2) is 9.97 Å². The number of anilines is 1. The van der Waals surface area contributed by atoms with Crippen LogP contribution < -0.4 is 5.32 Å². The number of carbonyl (C=O) groups excluding carboxylic acids is 1. The van der Waals surface area contributed by atoms with E-state index in [0.717, 1.165) is 17.0 Å². The van der Waals surface area contributed by atoms with Gasteiger partial charge in [-0.3, -0.25) is 10.1 Å². The number of alkyl halides is 3. The highest BCUT2D eigenvalue weighted by molar-refractivity contribution is 7.98. The maximum atomic E-state index is 12.8. The zero-order valence-electron chi connectivity index (χ0n) is 14.1. The fourth-order valence-corrected chi connectivity index (χ4v) is 3.79. The lowest BCUT2D eigenvalue weighted by Crippen LogP contribution is -2.13. The maximum Gasteiger partial charge on any atom is 0.416 e. The van der Waals surface area contributed by atoms with Gasteiger partial charge in [-0.15, -0.1) is 23.1 Å². The number of hydrogen-bond acceptors (Lipinski definition) is 5. The highest BCUT2D eigenvalue weighted by Crippen LogP contribution is 2.30. The van der Waals surface area contributed by atoms with Gasteiger partial charge in [0, 0.05) is 23.7 Å². The van der Waals surface area contributed by atoms with Gasteiger partial charge in [-0.2, -0.15) is 13.2 Å². The number of halogens is 3. The summed E-state index contributed by atoms with van der Waals surface area (Å²) in [4.78, 5) is 21.4. The number of rotatable bonds is 5. The van der Waals surface area contributed by atoms with Gasteiger partial charge in [0.15, 0.2) is 5.13 Å². The Balaban J connectivity index is 1.71. The highest BCUT2D eigenvalue weighted by Gasteiger charge is 2.30. The lowest BCUT2D eigenvalue weighted by atomic mass is 10.1. The first-order chi connectivity index (χ1) is 12.9. The van der Waals surface area contributed by atoms with Gasteiger partial charge in [-0.1, -0.05) is 18.2 Å². The molecule has 9 heteroatoms. The van der Waals surface area contributed by atoms with Crippen molar-refractivity contribution in [2.45, 2.75) is 17.6 Å². The molecule has 0 saturated heterocycles. The molecule has 3 aromatic rings. The molecule has 0 atom stereocenters. The Kier molecular flexibility index (Phi) is 5.81. The molecule has 1 aromatic carbocycles. The molecule has 27 heavy (non-hydrogen) atoms. The summed E-state index contributed by atoms with van der Waals surface area (Å²) in [5, 5.41) is 3.70. The molecule has 2 heterocycles. The fourth-order valence-electron chi connectivity index (χ4n) is 2.40. The molecule has 0 bridgehead atoms. The van der Waals surface area contributed by atoms with E-state index >= 15 is 0 Å². The summed E-state index contributed by atoms with van der Waals surface area (Å²) in [5.41, 5.74) is 0.294. The Morgan fingerprint density at radius 1 is 1.22 bits per heavy atom. The summed E-state index contributed by atoms with van der Waals surface area (Å²) in [6.45, 7) is 0. The molecule has 3 rings (SSSR count). The van der Waals surface area contributed by atoms with Crippen molar-refractivity contribution < 1.29 is 18.0 Å². The van der Waals surface area contributed by atoms with Gasteiger partial charge in [-0.05, 0) is 30.0 Å². The first-order valence-corrected chi connectivity index (χ1v) is 9.82. The van der Waals surface area contributed by atoms with Crippen LogP contribution in [0.1, 0.15) is 26.4 Å². The molecule has 0 aliphatic rings. The number of nitrogens with zero attached hydrogens (tertiary/aromatic N) is 2. The van der Waals surface area contributed by atoms with Crippen LogP contribution >= 0.6 is 23.1 Å². The summed E-state index contributed by atoms with van der Waals surface area (Å²) in [5.74, 6) is -0.326. The molecule has 1 N–H and O–H groups in total. The molecule has 140 valence electrons. The number of hydrogen-bond donors (Lipinski definition) is 1. The predicted molar refractivity (Wildman–Crippen MR) is 100 cm³/mol. The Morgan fingerprint density at radius 2 is 2.04 bits per heavy atom. The second-order valence-electron chi connectivity index (χ2n) is 5.52. The number of nitrogens with one attached hydrogen (secondary N) is 1. The summed E-state index contributed by atoms with van der Waals surface area (Å²) >= 11 is 2.59. The standard InChI is InChI=1S/C18H14F3N3OS2/c1-26-16-14(6-3-7-22-16)15(25)24-17-23-10-13(27-17)9-11-4-2-5-12(8-11)18(19,20)21/h2-8,10H,9H2,1H3,(H,23,24,25). The molecule has 2 aromatic heterocycles. The lowest BCUT2D eigenvalue weighted by molar-refractivity contribution is -0.137. The zero-order valence-corrected chi connectivity index (χ0v) is 15.7. The van der Waals surface area contributed by atoms with Crippen LogP contribution in [0.2, 0.25) is 0 Å². The third-order valence-corrected chi connectivity index (χ3v) is 5.24. The molecule has 1 amide bonds. The molecule has 0 spiro atoms. The lowest BCUT2D eigenvalue weighted by Gasteiger charge is -2.08. The van der Waals surface area contributed by atoms with Crippen molar-refractivity contribution in [2.75, 3.05) is 11.6 Å². The molecule has 0 unspecified atom stereocenters. The van der Waals surface area contributed by atoms with Gasteiger partial charge >= 0.3 is 6.18 Å². The van der Waals surface area contributed by atoms with Crippen LogP contribution in [-0.2, 0) is 12.6 Å². The maximum absolute atomic E-state index is 12.8. The fraction of sp³-hybridized carbons (Fsp3) is 0.167. The van der Waals surface area contributed by atoms with Gasteiger partial charge < -0.3 is 0 Å². The molecule has 0 saturated carbocycles. The van der Waals surface area contributed by atoms with Crippen LogP contribution in [0.3, 0.4) is 0 Å². The smallest absolute Gasteiger partial charge is 0.298 e.